The number of aromatic nitrogens is 2. The summed E-state index contributed by atoms with van der Waals surface area (Å²) in [6.45, 7) is 1.97. The Bertz CT molecular complexity index is 534. The van der Waals surface area contributed by atoms with E-state index in [-0.39, 0.29) is 0 Å². The molecule has 1 atom stereocenters. The van der Waals surface area contributed by atoms with E-state index in [2.05, 4.69) is 4.98 Å². The molecule has 96 valence electrons. The van der Waals surface area contributed by atoms with E-state index in [1.807, 2.05) is 42.9 Å². The van der Waals surface area contributed by atoms with Crippen LogP contribution in [0.4, 0.5) is 0 Å². The van der Waals surface area contributed by atoms with Crippen molar-refractivity contribution in [2.75, 3.05) is 7.11 Å². The van der Waals surface area contributed by atoms with Crippen molar-refractivity contribution in [3.8, 4) is 5.75 Å². The number of hydrogen-bond donors (Lipinski definition) is 1. The minimum absolute atomic E-state index is 0.509. The Morgan fingerprint density at radius 2 is 2.22 bits per heavy atom. The predicted octanol–water partition coefficient (Wildman–Crippen LogP) is 2.01. The summed E-state index contributed by atoms with van der Waals surface area (Å²) in [4.78, 5) is 4.22. The van der Waals surface area contributed by atoms with Crippen molar-refractivity contribution in [3.63, 3.8) is 0 Å². The van der Waals surface area contributed by atoms with Crippen molar-refractivity contribution in [2.24, 2.45) is 7.05 Å². The molecule has 4 nitrogen and oxygen atoms in total. The number of hydrogen-bond acceptors (Lipinski definition) is 3. The summed E-state index contributed by atoms with van der Waals surface area (Å²) in [7, 11) is 3.57. The van der Waals surface area contributed by atoms with Gasteiger partial charge in [-0.25, -0.2) is 4.98 Å². The summed E-state index contributed by atoms with van der Waals surface area (Å²) in [6.07, 6.45) is 3.58. The van der Waals surface area contributed by atoms with Crippen molar-refractivity contribution in [2.45, 2.75) is 19.4 Å². The zero-order valence-corrected chi connectivity index (χ0v) is 10.9. The second-order valence-corrected chi connectivity index (χ2v) is 4.40. The second kappa shape index (κ2) is 5.23. The van der Waals surface area contributed by atoms with Crippen LogP contribution in [0.2, 0.25) is 0 Å². The molecule has 0 saturated carbocycles. The van der Waals surface area contributed by atoms with E-state index >= 15 is 0 Å². The molecule has 1 aromatic carbocycles. The lowest BCUT2D eigenvalue weighted by molar-refractivity contribution is 0.174. The van der Waals surface area contributed by atoms with Crippen LogP contribution in [0.1, 0.15) is 23.1 Å². The third kappa shape index (κ3) is 2.54. The van der Waals surface area contributed by atoms with Gasteiger partial charge in [0.15, 0.2) is 0 Å². The number of aliphatic hydroxyl groups is 1. The molecule has 0 aliphatic rings. The van der Waals surface area contributed by atoms with Crippen molar-refractivity contribution in [1.29, 1.82) is 0 Å². The van der Waals surface area contributed by atoms with Crippen LogP contribution in [0.25, 0.3) is 0 Å². The minimum Gasteiger partial charge on any atom is -0.496 e. The molecule has 2 aromatic rings. The first-order valence-corrected chi connectivity index (χ1v) is 5.90. The largest absolute Gasteiger partial charge is 0.496 e. The number of benzene rings is 1. The fraction of sp³-hybridized carbons (Fsp3) is 0.357. The van der Waals surface area contributed by atoms with Crippen molar-refractivity contribution < 1.29 is 9.84 Å². The number of imidazole rings is 1. The predicted molar refractivity (Wildman–Crippen MR) is 69.6 cm³/mol. The number of methoxy groups -OCH3 is 1. The van der Waals surface area contributed by atoms with Gasteiger partial charge in [0.25, 0.3) is 0 Å². The average molecular weight is 246 g/mol. The lowest BCUT2D eigenvalue weighted by Gasteiger charge is -2.13. The third-order valence-corrected chi connectivity index (χ3v) is 3.10. The highest BCUT2D eigenvalue weighted by molar-refractivity contribution is 5.37. The third-order valence-electron chi connectivity index (χ3n) is 3.10. The van der Waals surface area contributed by atoms with Crippen LogP contribution in [0.15, 0.2) is 30.6 Å². The Hall–Kier alpha value is -1.81. The van der Waals surface area contributed by atoms with Crippen LogP contribution >= 0.6 is 0 Å². The van der Waals surface area contributed by atoms with E-state index in [0.29, 0.717) is 6.42 Å². The van der Waals surface area contributed by atoms with E-state index < -0.39 is 6.10 Å². The fourth-order valence-corrected chi connectivity index (χ4v) is 1.99. The van der Waals surface area contributed by atoms with Gasteiger partial charge in [0, 0.05) is 25.9 Å². The summed E-state index contributed by atoms with van der Waals surface area (Å²) in [5, 5.41) is 10.2. The van der Waals surface area contributed by atoms with Gasteiger partial charge in [-0.1, -0.05) is 6.07 Å². The Balaban J connectivity index is 2.16. The number of aryl methyl sites for hydroxylation is 2. The molecule has 0 bridgehead atoms. The van der Waals surface area contributed by atoms with Crippen molar-refractivity contribution >= 4 is 0 Å². The first kappa shape index (κ1) is 12.6. The van der Waals surface area contributed by atoms with Crippen LogP contribution < -0.4 is 4.74 Å². The molecule has 1 N–H and O–H groups in total. The average Bonchev–Trinajstić information content (AvgIpc) is 2.75. The Kier molecular flexibility index (Phi) is 3.67. The number of nitrogens with zero attached hydrogens (tertiary/aromatic N) is 2. The highest BCUT2D eigenvalue weighted by Gasteiger charge is 2.12. The van der Waals surface area contributed by atoms with E-state index in [0.717, 1.165) is 22.7 Å². The van der Waals surface area contributed by atoms with Crippen LogP contribution in [-0.2, 0) is 13.5 Å². The second-order valence-electron chi connectivity index (χ2n) is 4.40. The molecule has 2 rings (SSSR count). The molecule has 4 heteroatoms. The molecular formula is C14H18N2O2. The highest BCUT2D eigenvalue weighted by Crippen LogP contribution is 2.24. The minimum atomic E-state index is -0.546. The highest BCUT2D eigenvalue weighted by atomic mass is 16.5. The first-order valence-electron chi connectivity index (χ1n) is 5.90. The number of aliphatic hydroxyl groups excluding tert-OH is 1. The normalized spacial score (nSPS) is 12.4. The van der Waals surface area contributed by atoms with Gasteiger partial charge in [-0.3, -0.25) is 0 Å². The van der Waals surface area contributed by atoms with E-state index in [1.165, 1.54) is 0 Å². The van der Waals surface area contributed by atoms with Gasteiger partial charge in [0.05, 0.1) is 13.2 Å². The van der Waals surface area contributed by atoms with Gasteiger partial charge >= 0.3 is 0 Å². The van der Waals surface area contributed by atoms with Gasteiger partial charge in [-0.15, -0.1) is 0 Å². The van der Waals surface area contributed by atoms with E-state index in [9.17, 15) is 5.11 Å². The quantitative estimate of drug-likeness (QED) is 0.897. The molecule has 0 spiro atoms. The van der Waals surface area contributed by atoms with E-state index in [4.69, 9.17) is 4.74 Å². The zero-order chi connectivity index (χ0) is 13.1. The maximum atomic E-state index is 10.2. The van der Waals surface area contributed by atoms with Crippen LogP contribution in [-0.4, -0.2) is 21.8 Å². The molecule has 0 aliphatic carbocycles. The SMILES string of the molecule is COc1ccc(C(O)Cc2nccn2C)cc1C. The van der Waals surface area contributed by atoms with Gasteiger partial charge in [0.1, 0.15) is 11.6 Å². The molecule has 0 aliphatic heterocycles. The molecule has 18 heavy (non-hydrogen) atoms. The molecule has 0 saturated heterocycles. The summed E-state index contributed by atoms with van der Waals surface area (Å²) in [6, 6.07) is 5.72. The fourth-order valence-electron chi connectivity index (χ4n) is 1.99. The van der Waals surface area contributed by atoms with Gasteiger partial charge in [0.2, 0.25) is 0 Å². The maximum absolute atomic E-state index is 10.2. The zero-order valence-electron chi connectivity index (χ0n) is 10.9. The monoisotopic (exact) mass is 246 g/mol. The Morgan fingerprint density at radius 3 is 2.78 bits per heavy atom. The van der Waals surface area contributed by atoms with Gasteiger partial charge in [-0.05, 0) is 30.2 Å². The van der Waals surface area contributed by atoms with Crippen LogP contribution in [0, 0.1) is 6.92 Å². The first-order chi connectivity index (χ1) is 8.61. The molecule has 1 aromatic heterocycles. The summed E-state index contributed by atoms with van der Waals surface area (Å²) in [5.74, 6) is 1.71. The molecule has 0 fully saturated rings. The lowest BCUT2D eigenvalue weighted by Crippen LogP contribution is -2.07. The number of ether oxygens (including phenoxy) is 1. The Morgan fingerprint density at radius 1 is 1.44 bits per heavy atom. The molecule has 1 unspecified atom stereocenters. The van der Waals surface area contributed by atoms with E-state index in [1.54, 1.807) is 13.3 Å². The van der Waals surface area contributed by atoms with Crippen LogP contribution in [0.3, 0.4) is 0 Å². The summed E-state index contributed by atoms with van der Waals surface area (Å²) >= 11 is 0. The van der Waals surface area contributed by atoms with Crippen LogP contribution in [0.5, 0.6) is 5.75 Å². The summed E-state index contributed by atoms with van der Waals surface area (Å²) < 4.78 is 7.12. The lowest BCUT2D eigenvalue weighted by atomic mass is 10.0. The standard InChI is InChI=1S/C14H18N2O2/c1-10-8-11(4-5-13(10)18-3)12(17)9-14-15-6-7-16(14)2/h4-8,12,17H,9H2,1-3H3. The van der Waals surface area contributed by atoms with Gasteiger partial charge in [-0.2, -0.15) is 0 Å². The molecule has 0 amide bonds. The molecule has 0 radical (unpaired) electrons. The topological polar surface area (TPSA) is 47.3 Å². The van der Waals surface area contributed by atoms with Gasteiger partial charge < -0.3 is 14.4 Å². The van der Waals surface area contributed by atoms with Crippen molar-refractivity contribution in [1.82, 2.24) is 9.55 Å². The van der Waals surface area contributed by atoms with Crippen molar-refractivity contribution in [3.05, 3.63) is 47.5 Å². The summed E-state index contributed by atoms with van der Waals surface area (Å²) in [5.41, 5.74) is 1.91. The number of rotatable bonds is 4. The molecule has 1 heterocycles. The Labute approximate surface area is 107 Å². The maximum Gasteiger partial charge on any atom is 0.121 e. The smallest absolute Gasteiger partial charge is 0.121 e. The molecular weight excluding hydrogens is 228 g/mol.